The summed E-state index contributed by atoms with van der Waals surface area (Å²) in [6.07, 6.45) is 2.60. The molecule has 162 valence electrons. The van der Waals surface area contributed by atoms with E-state index in [0.717, 1.165) is 10.5 Å². The van der Waals surface area contributed by atoms with Crippen molar-refractivity contribution in [2.75, 3.05) is 5.75 Å². The molecule has 0 spiro atoms. The van der Waals surface area contributed by atoms with E-state index in [1.54, 1.807) is 24.4 Å². The summed E-state index contributed by atoms with van der Waals surface area (Å²) in [5, 5.41) is 12.1. The van der Waals surface area contributed by atoms with Crippen LogP contribution in [0.1, 0.15) is 24.6 Å². The molecule has 1 aromatic heterocycles. The monoisotopic (exact) mass is 476 g/mol. The van der Waals surface area contributed by atoms with Gasteiger partial charge in [-0.2, -0.15) is 0 Å². The van der Waals surface area contributed by atoms with Crippen LogP contribution in [0, 0.1) is 0 Å². The van der Waals surface area contributed by atoms with Gasteiger partial charge in [0.15, 0.2) is 5.78 Å². The third-order valence-corrected chi connectivity index (χ3v) is 6.29. The third-order valence-electron chi connectivity index (χ3n) is 4.57. The van der Waals surface area contributed by atoms with Crippen molar-refractivity contribution < 1.29 is 9.59 Å². The summed E-state index contributed by atoms with van der Waals surface area (Å²) in [6, 6.07) is 14.4. The number of hydrogen-bond donors (Lipinski definition) is 1. The second-order valence-corrected chi connectivity index (χ2v) is 8.74. The number of benzene rings is 2. The normalized spacial score (nSPS) is 11.8. The molecule has 6 nitrogen and oxygen atoms in total. The number of ketones is 1. The maximum Gasteiger partial charge on any atom is 0.230 e. The van der Waals surface area contributed by atoms with E-state index in [9.17, 15) is 9.59 Å². The van der Waals surface area contributed by atoms with Crippen LogP contribution in [0.4, 0.5) is 0 Å². The lowest BCUT2D eigenvalue weighted by molar-refractivity contribution is -0.127. The van der Waals surface area contributed by atoms with Gasteiger partial charge in [0.25, 0.3) is 0 Å². The number of Topliss-reactive ketones (excluding diaryl/α,β-unsaturated/α-hetero) is 1. The predicted molar refractivity (Wildman–Crippen MR) is 124 cm³/mol. The first kappa shape index (κ1) is 23.3. The zero-order chi connectivity index (χ0) is 22.2. The number of nitrogens with zero attached hydrogens (tertiary/aromatic N) is 3. The molecule has 0 fully saturated rings. The molecule has 1 unspecified atom stereocenters. The van der Waals surface area contributed by atoms with E-state index >= 15 is 0 Å². The van der Waals surface area contributed by atoms with E-state index in [4.69, 9.17) is 23.2 Å². The topological polar surface area (TPSA) is 76.9 Å². The van der Waals surface area contributed by atoms with Crippen LogP contribution < -0.4 is 5.32 Å². The molecule has 3 aromatic rings. The fourth-order valence-electron chi connectivity index (χ4n) is 2.96. The Morgan fingerprint density at radius 1 is 1.10 bits per heavy atom. The molecule has 0 radical (unpaired) electrons. The summed E-state index contributed by atoms with van der Waals surface area (Å²) in [5.41, 5.74) is 1.41. The first-order chi connectivity index (χ1) is 15.0. The lowest BCUT2D eigenvalue weighted by Crippen LogP contribution is -2.42. The van der Waals surface area contributed by atoms with Gasteiger partial charge < -0.3 is 5.32 Å². The Hall–Kier alpha value is -2.35. The molecular weight excluding hydrogens is 455 g/mol. The average Bonchev–Trinajstić information content (AvgIpc) is 3.20. The summed E-state index contributed by atoms with van der Waals surface area (Å²) in [7, 11) is 0. The molecule has 9 heteroatoms. The van der Waals surface area contributed by atoms with Crippen molar-refractivity contribution in [1.29, 1.82) is 0 Å². The number of aromatic nitrogens is 3. The summed E-state index contributed by atoms with van der Waals surface area (Å²) in [4.78, 5) is 26.0. The zero-order valence-electron chi connectivity index (χ0n) is 16.9. The first-order valence-electron chi connectivity index (χ1n) is 9.78. The van der Waals surface area contributed by atoms with Crippen LogP contribution in [-0.2, 0) is 22.6 Å². The molecule has 0 aliphatic heterocycles. The summed E-state index contributed by atoms with van der Waals surface area (Å²) < 4.78 is 1.47. The van der Waals surface area contributed by atoms with Crippen LogP contribution >= 0.6 is 35.0 Å². The van der Waals surface area contributed by atoms with Crippen molar-refractivity contribution in [2.24, 2.45) is 0 Å². The highest BCUT2D eigenvalue weighted by atomic mass is 35.5. The Balaban J connectivity index is 1.54. The predicted octanol–water partition coefficient (Wildman–Crippen LogP) is 4.43. The molecule has 0 bridgehead atoms. The first-order valence-corrected chi connectivity index (χ1v) is 11.5. The smallest absolute Gasteiger partial charge is 0.230 e. The molecule has 0 saturated carbocycles. The van der Waals surface area contributed by atoms with Crippen molar-refractivity contribution in [3.63, 3.8) is 0 Å². The minimum atomic E-state index is -0.575. The van der Waals surface area contributed by atoms with Crippen molar-refractivity contribution in [3.8, 4) is 0 Å². The maximum absolute atomic E-state index is 12.7. The summed E-state index contributed by atoms with van der Waals surface area (Å²) >= 11 is 13.8. The van der Waals surface area contributed by atoms with E-state index in [1.165, 1.54) is 16.4 Å². The van der Waals surface area contributed by atoms with Crippen LogP contribution in [0.25, 0.3) is 0 Å². The minimum Gasteiger partial charge on any atom is -0.346 e. The van der Waals surface area contributed by atoms with Gasteiger partial charge in [-0.05, 0) is 36.2 Å². The van der Waals surface area contributed by atoms with Gasteiger partial charge in [0.2, 0.25) is 5.91 Å². The van der Waals surface area contributed by atoms with Gasteiger partial charge in [0.05, 0.1) is 17.5 Å². The SMILES string of the molecule is CCC(NC(=O)CSc1ccccc1)C(=O)Cn1cc(Cc2c(Cl)cccc2Cl)nn1. The summed E-state index contributed by atoms with van der Waals surface area (Å²) in [6.45, 7) is 1.88. The van der Waals surface area contributed by atoms with Crippen molar-refractivity contribution in [3.05, 3.63) is 76.0 Å². The van der Waals surface area contributed by atoms with Gasteiger partial charge in [0, 0.05) is 27.6 Å². The lowest BCUT2D eigenvalue weighted by atomic mass is 10.1. The lowest BCUT2D eigenvalue weighted by Gasteiger charge is -2.15. The van der Waals surface area contributed by atoms with E-state index in [2.05, 4.69) is 15.6 Å². The van der Waals surface area contributed by atoms with Gasteiger partial charge >= 0.3 is 0 Å². The summed E-state index contributed by atoms with van der Waals surface area (Å²) in [5.74, 6) is -0.0608. The molecule has 1 atom stereocenters. The molecule has 0 aliphatic rings. The number of carbonyl (C=O) groups excluding carboxylic acids is 2. The van der Waals surface area contributed by atoms with E-state index in [0.29, 0.717) is 28.6 Å². The molecule has 1 N–H and O–H groups in total. The number of nitrogens with one attached hydrogen (secondary N) is 1. The van der Waals surface area contributed by atoms with Gasteiger partial charge in [-0.1, -0.05) is 59.6 Å². The van der Waals surface area contributed by atoms with Crippen LogP contribution in [-0.4, -0.2) is 38.5 Å². The van der Waals surface area contributed by atoms with Gasteiger partial charge in [-0.25, -0.2) is 4.68 Å². The van der Waals surface area contributed by atoms with Gasteiger partial charge in [0.1, 0.15) is 6.54 Å². The molecule has 3 rings (SSSR count). The van der Waals surface area contributed by atoms with Crippen LogP contribution in [0.2, 0.25) is 10.0 Å². The highest BCUT2D eigenvalue weighted by molar-refractivity contribution is 8.00. The molecular formula is C22H22Cl2N4O2S. The van der Waals surface area contributed by atoms with Gasteiger partial charge in [-0.3, -0.25) is 9.59 Å². The second kappa shape index (κ2) is 11.3. The Kier molecular flexibility index (Phi) is 8.51. The Morgan fingerprint density at radius 2 is 1.81 bits per heavy atom. The number of halogens is 2. The minimum absolute atomic E-state index is 0.0217. The molecule has 0 aliphatic carbocycles. The number of carbonyl (C=O) groups is 2. The fraction of sp³-hybridized carbons (Fsp3) is 0.273. The second-order valence-electron chi connectivity index (χ2n) is 6.88. The van der Waals surface area contributed by atoms with E-state index in [1.807, 2.05) is 37.3 Å². The Labute approximate surface area is 195 Å². The van der Waals surface area contributed by atoms with Crippen molar-refractivity contribution in [2.45, 2.75) is 37.2 Å². The Bertz CT molecular complexity index is 1020. The number of thioether (sulfide) groups is 1. The fourth-order valence-corrected chi connectivity index (χ4v) is 4.22. The van der Waals surface area contributed by atoms with Crippen molar-refractivity contribution >= 4 is 46.7 Å². The Morgan fingerprint density at radius 3 is 2.48 bits per heavy atom. The van der Waals surface area contributed by atoms with E-state index in [-0.39, 0.29) is 24.0 Å². The molecule has 31 heavy (non-hydrogen) atoms. The van der Waals surface area contributed by atoms with Crippen LogP contribution in [0.15, 0.2) is 59.6 Å². The molecule has 1 heterocycles. The number of amides is 1. The zero-order valence-corrected chi connectivity index (χ0v) is 19.3. The highest BCUT2D eigenvalue weighted by Gasteiger charge is 2.20. The van der Waals surface area contributed by atoms with E-state index < -0.39 is 6.04 Å². The molecule has 1 amide bonds. The maximum atomic E-state index is 12.7. The number of hydrogen-bond acceptors (Lipinski definition) is 5. The van der Waals surface area contributed by atoms with Crippen LogP contribution in [0.3, 0.4) is 0 Å². The highest BCUT2D eigenvalue weighted by Crippen LogP contribution is 2.26. The molecule has 0 saturated heterocycles. The standard InChI is InChI=1S/C22H22Cl2N4O2S/c1-2-20(25-22(30)14-31-16-7-4-3-5-8-16)21(29)13-28-12-15(26-27-28)11-17-18(23)9-6-10-19(17)24/h3-10,12,20H,2,11,13-14H2,1H3,(H,25,30). The number of rotatable bonds is 10. The molecule has 2 aromatic carbocycles. The third kappa shape index (κ3) is 6.82. The van der Waals surface area contributed by atoms with Gasteiger partial charge in [-0.15, -0.1) is 16.9 Å². The van der Waals surface area contributed by atoms with Crippen LogP contribution in [0.5, 0.6) is 0 Å². The van der Waals surface area contributed by atoms with Crippen molar-refractivity contribution in [1.82, 2.24) is 20.3 Å². The quantitative estimate of drug-likeness (QED) is 0.437. The average molecular weight is 477 g/mol. The largest absolute Gasteiger partial charge is 0.346 e.